The van der Waals surface area contributed by atoms with Crippen LogP contribution in [-0.4, -0.2) is 12.6 Å². The number of hydrogen-bond donors (Lipinski definition) is 2. The zero-order chi connectivity index (χ0) is 15.2. The van der Waals surface area contributed by atoms with Crippen LogP contribution in [0.5, 0.6) is 0 Å². The molecular formula is C15H13ClF2N2O. The average Bonchev–Trinajstić information content (AvgIpc) is 2.45. The Morgan fingerprint density at radius 2 is 1.81 bits per heavy atom. The summed E-state index contributed by atoms with van der Waals surface area (Å²) in [5, 5.41) is 5.30. The molecule has 21 heavy (non-hydrogen) atoms. The Bertz CT molecular complexity index is 632. The van der Waals surface area contributed by atoms with Crippen LogP contribution in [0.3, 0.4) is 0 Å². The lowest BCUT2D eigenvalue weighted by molar-refractivity contribution is 0.252. The molecule has 0 aromatic heterocycles. The van der Waals surface area contributed by atoms with Crippen LogP contribution in [0.4, 0.5) is 19.3 Å². The molecule has 0 fully saturated rings. The molecule has 2 aromatic rings. The highest BCUT2D eigenvalue weighted by Gasteiger charge is 2.07. The van der Waals surface area contributed by atoms with E-state index in [0.29, 0.717) is 18.0 Å². The highest BCUT2D eigenvalue weighted by molar-refractivity contribution is 6.30. The lowest BCUT2D eigenvalue weighted by Gasteiger charge is -2.09. The number of urea groups is 1. The van der Waals surface area contributed by atoms with E-state index < -0.39 is 11.8 Å². The van der Waals surface area contributed by atoms with Crippen molar-refractivity contribution in [2.75, 3.05) is 11.9 Å². The molecule has 0 aliphatic heterocycles. The summed E-state index contributed by atoms with van der Waals surface area (Å²) in [6, 6.07) is 9.38. The molecule has 2 N–H and O–H groups in total. The maximum Gasteiger partial charge on any atom is 0.319 e. The first-order valence-electron chi connectivity index (χ1n) is 6.29. The van der Waals surface area contributed by atoms with Gasteiger partial charge >= 0.3 is 6.03 Å². The molecule has 2 aromatic carbocycles. The Labute approximate surface area is 125 Å². The topological polar surface area (TPSA) is 41.1 Å². The predicted molar refractivity (Wildman–Crippen MR) is 78.5 cm³/mol. The Morgan fingerprint density at radius 3 is 2.52 bits per heavy atom. The lowest BCUT2D eigenvalue weighted by Crippen LogP contribution is -2.30. The van der Waals surface area contributed by atoms with Crippen molar-refractivity contribution in [1.29, 1.82) is 0 Å². The normalized spacial score (nSPS) is 10.2. The maximum absolute atomic E-state index is 13.4. The lowest BCUT2D eigenvalue weighted by atomic mass is 10.1. The first-order valence-corrected chi connectivity index (χ1v) is 6.67. The number of amides is 2. The van der Waals surface area contributed by atoms with Gasteiger partial charge in [0.05, 0.1) is 5.69 Å². The van der Waals surface area contributed by atoms with Crippen LogP contribution in [0, 0.1) is 11.6 Å². The fourth-order valence-corrected chi connectivity index (χ4v) is 1.90. The van der Waals surface area contributed by atoms with Crippen LogP contribution >= 0.6 is 11.6 Å². The summed E-state index contributed by atoms with van der Waals surface area (Å²) in [6.45, 7) is 0.347. The average molecular weight is 311 g/mol. The summed E-state index contributed by atoms with van der Waals surface area (Å²) in [6.07, 6.45) is 0.547. The van der Waals surface area contributed by atoms with Gasteiger partial charge in [0.25, 0.3) is 0 Å². The van der Waals surface area contributed by atoms with Crippen LogP contribution in [-0.2, 0) is 6.42 Å². The van der Waals surface area contributed by atoms with Gasteiger partial charge in [0.1, 0.15) is 11.6 Å². The standard InChI is InChI=1S/C15H13ClF2N2O/c16-11-3-6-13(18)14(9-11)20-15(21)19-8-7-10-1-4-12(17)5-2-10/h1-6,9H,7-8H2,(H2,19,20,21). The van der Waals surface area contributed by atoms with Crippen LogP contribution in [0.1, 0.15) is 5.56 Å². The molecule has 2 rings (SSSR count). The summed E-state index contributed by atoms with van der Waals surface area (Å²) < 4.78 is 26.1. The molecule has 3 nitrogen and oxygen atoms in total. The van der Waals surface area contributed by atoms with Crippen molar-refractivity contribution in [3.63, 3.8) is 0 Å². The first kappa shape index (κ1) is 15.3. The van der Waals surface area contributed by atoms with E-state index in [4.69, 9.17) is 11.6 Å². The van der Waals surface area contributed by atoms with E-state index in [2.05, 4.69) is 10.6 Å². The fourth-order valence-electron chi connectivity index (χ4n) is 1.73. The van der Waals surface area contributed by atoms with Crippen LogP contribution in [0.15, 0.2) is 42.5 Å². The van der Waals surface area contributed by atoms with Gasteiger partial charge in [-0.2, -0.15) is 0 Å². The Balaban J connectivity index is 1.82. The van der Waals surface area contributed by atoms with Crippen molar-refractivity contribution < 1.29 is 13.6 Å². The highest BCUT2D eigenvalue weighted by atomic mass is 35.5. The minimum atomic E-state index is -0.562. The molecule has 0 radical (unpaired) electrons. The van der Waals surface area contributed by atoms with Crippen molar-refractivity contribution >= 4 is 23.3 Å². The summed E-state index contributed by atoms with van der Waals surface area (Å²) in [7, 11) is 0. The zero-order valence-electron chi connectivity index (χ0n) is 11.0. The molecule has 0 saturated carbocycles. The van der Waals surface area contributed by atoms with Gasteiger partial charge < -0.3 is 10.6 Å². The molecule has 110 valence electrons. The number of rotatable bonds is 4. The number of carbonyl (C=O) groups is 1. The molecule has 0 heterocycles. The molecule has 0 saturated heterocycles. The quantitative estimate of drug-likeness (QED) is 0.881. The second-order valence-electron chi connectivity index (χ2n) is 4.38. The van der Waals surface area contributed by atoms with Crippen molar-refractivity contribution in [2.24, 2.45) is 0 Å². The van der Waals surface area contributed by atoms with Gasteiger partial charge in [-0.3, -0.25) is 0 Å². The van der Waals surface area contributed by atoms with E-state index >= 15 is 0 Å². The molecule has 0 spiro atoms. The summed E-state index contributed by atoms with van der Waals surface area (Å²) >= 11 is 5.73. The number of benzene rings is 2. The van der Waals surface area contributed by atoms with Gasteiger partial charge in [0.2, 0.25) is 0 Å². The fraction of sp³-hybridized carbons (Fsp3) is 0.133. The van der Waals surface area contributed by atoms with Gasteiger partial charge in [-0.05, 0) is 42.3 Å². The summed E-state index contributed by atoms with van der Waals surface area (Å²) in [5.41, 5.74) is 0.910. The number of carbonyl (C=O) groups excluding carboxylic acids is 1. The zero-order valence-corrected chi connectivity index (χ0v) is 11.8. The van der Waals surface area contributed by atoms with Gasteiger partial charge in [0.15, 0.2) is 0 Å². The Morgan fingerprint density at radius 1 is 1.10 bits per heavy atom. The van der Waals surface area contributed by atoms with E-state index in [1.54, 1.807) is 12.1 Å². The van der Waals surface area contributed by atoms with E-state index in [1.165, 1.54) is 30.3 Å². The molecule has 6 heteroatoms. The van der Waals surface area contributed by atoms with E-state index in [9.17, 15) is 13.6 Å². The molecular weight excluding hydrogens is 298 g/mol. The predicted octanol–water partition coefficient (Wildman–Crippen LogP) is 3.98. The Hall–Kier alpha value is -2.14. The van der Waals surface area contributed by atoms with Crippen LogP contribution < -0.4 is 10.6 Å². The second-order valence-corrected chi connectivity index (χ2v) is 4.82. The van der Waals surface area contributed by atoms with Gasteiger partial charge in [-0.1, -0.05) is 23.7 Å². The molecule has 2 amide bonds. The third kappa shape index (κ3) is 4.72. The molecule has 0 aliphatic carbocycles. The largest absolute Gasteiger partial charge is 0.338 e. The number of nitrogens with one attached hydrogen (secondary N) is 2. The molecule has 0 aliphatic rings. The van der Waals surface area contributed by atoms with Gasteiger partial charge in [-0.15, -0.1) is 0 Å². The number of hydrogen-bond acceptors (Lipinski definition) is 1. The third-order valence-electron chi connectivity index (χ3n) is 2.79. The first-order chi connectivity index (χ1) is 10.0. The van der Waals surface area contributed by atoms with Crippen LogP contribution in [0.2, 0.25) is 5.02 Å². The maximum atomic E-state index is 13.4. The molecule has 0 atom stereocenters. The van der Waals surface area contributed by atoms with Crippen molar-refractivity contribution in [2.45, 2.75) is 6.42 Å². The van der Waals surface area contributed by atoms with Crippen molar-refractivity contribution in [1.82, 2.24) is 5.32 Å². The molecule has 0 bridgehead atoms. The van der Waals surface area contributed by atoms with Crippen molar-refractivity contribution in [3.8, 4) is 0 Å². The van der Waals surface area contributed by atoms with Crippen LogP contribution in [0.25, 0.3) is 0 Å². The van der Waals surface area contributed by atoms with E-state index in [0.717, 1.165) is 5.56 Å². The smallest absolute Gasteiger partial charge is 0.319 e. The van der Waals surface area contributed by atoms with E-state index in [-0.39, 0.29) is 11.5 Å². The molecule has 0 unspecified atom stereocenters. The van der Waals surface area contributed by atoms with Gasteiger partial charge in [-0.25, -0.2) is 13.6 Å². The SMILES string of the molecule is O=C(NCCc1ccc(F)cc1)Nc1cc(Cl)ccc1F. The third-order valence-corrected chi connectivity index (χ3v) is 3.02. The Kier molecular flexibility index (Phi) is 5.11. The van der Waals surface area contributed by atoms with Crippen molar-refractivity contribution in [3.05, 3.63) is 64.7 Å². The number of anilines is 1. The van der Waals surface area contributed by atoms with Gasteiger partial charge in [0, 0.05) is 11.6 Å². The van der Waals surface area contributed by atoms with E-state index in [1.807, 2.05) is 0 Å². The minimum absolute atomic E-state index is 0.0155. The minimum Gasteiger partial charge on any atom is -0.338 e. The summed E-state index contributed by atoms with van der Waals surface area (Å²) in [4.78, 5) is 11.6. The number of halogens is 3. The summed E-state index contributed by atoms with van der Waals surface area (Å²) in [5.74, 6) is -0.867. The monoisotopic (exact) mass is 310 g/mol. The second kappa shape index (κ2) is 7.04. The highest BCUT2D eigenvalue weighted by Crippen LogP contribution is 2.19.